The molecule has 1 aromatic carbocycles. The van der Waals surface area contributed by atoms with Crippen LogP contribution in [-0.4, -0.2) is 47.8 Å². The summed E-state index contributed by atoms with van der Waals surface area (Å²) >= 11 is 5.88. The van der Waals surface area contributed by atoms with E-state index in [0.717, 1.165) is 25.7 Å². The van der Waals surface area contributed by atoms with Crippen molar-refractivity contribution in [3.05, 3.63) is 34.6 Å². The van der Waals surface area contributed by atoms with Gasteiger partial charge in [0.25, 0.3) is 5.91 Å². The summed E-state index contributed by atoms with van der Waals surface area (Å²) in [6.45, 7) is 2.14. The molecule has 1 saturated heterocycles. The van der Waals surface area contributed by atoms with E-state index in [0.29, 0.717) is 37.6 Å². The van der Waals surface area contributed by atoms with Crippen LogP contribution in [0.5, 0.6) is 0 Å². The fourth-order valence-electron chi connectivity index (χ4n) is 3.60. The van der Waals surface area contributed by atoms with Crippen LogP contribution in [0.1, 0.15) is 42.5 Å². The van der Waals surface area contributed by atoms with E-state index in [4.69, 9.17) is 11.6 Å². The van der Waals surface area contributed by atoms with Crippen molar-refractivity contribution >= 4 is 23.4 Å². The first-order valence-corrected chi connectivity index (χ1v) is 8.97. The Morgan fingerprint density at radius 1 is 1.00 bits per heavy atom. The lowest BCUT2D eigenvalue weighted by molar-refractivity contribution is -0.135. The zero-order chi connectivity index (χ0) is 17.1. The standard InChI is InChI=1S/C18H22ClFN2O2/c19-14-6-7-16(20)15(12-14)18(24)22-9-3-8-21(10-11-22)17(23)13-4-1-2-5-13/h6-7,12-13H,1-5,8-11H2. The molecular formula is C18H22ClFN2O2. The highest BCUT2D eigenvalue weighted by atomic mass is 35.5. The molecule has 0 radical (unpaired) electrons. The van der Waals surface area contributed by atoms with Gasteiger partial charge in [-0.15, -0.1) is 0 Å². The zero-order valence-electron chi connectivity index (χ0n) is 13.6. The molecule has 1 aliphatic carbocycles. The van der Waals surface area contributed by atoms with Gasteiger partial charge in [-0.2, -0.15) is 0 Å². The maximum Gasteiger partial charge on any atom is 0.256 e. The molecule has 0 spiro atoms. The first-order valence-electron chi connectivity index (χ1n) is 8.59. The molecule has 24 heavy (non-hydrogen) atoms. The average molecular weight is 353 g/mol. The monoisotopic (exact) mass is 352 g/mol. The van der Waals surface area contributed by atoms with Gasteiger partial charge in [0, 0.05) is 37.1 Å². The maximum atomic E-state index is 13.9. The van der Waals surface area contributed by atoms with Crippen molar-refractivity contribution in [1.82, 2.24) is 9.80 Å². The molecule has 3 rings (SSSR count). The number of rotatable bonds is 2. The molecule has 1 aromatic rings. The van der Waals surface area contributed by atoms with Crippen molar-refractivity contribution < 1.29 is 14.0 Å². The molecule has 0 N–H and O–H groups in total. The number of hydrogen-bond acceptors (Lipinski definition) is 2. The van der Waals surface area contributed by atoms with Crippen molar-refractivity contribution in [3.63, 3.8) is 0 Å². The molecule has 0 aromatic heterocycles. The molecule has 0 unspecified atom stereocenters. The molecular weight excluding hydrogens is 331 g/mol. The van der Waals surface area contributed by atoms with E-state index in [1.165, 1.54) is 18.2 Å². The van der Waals surface area contributed by atoms with Gasteiger partial charge < -0.3 is 9.80 Å². The summed E-state index contributed by atoms with van der Waals surface area (Å²) < 4.78 is 13.9. The lowest BCUT2D eigenvalue weighted by Crippen LogP contribution is -2.39. The van der Waals surface area contributed by atoms with Crippen LogP contribution in [0.3, 0.4) is 0 Å². The minimum absolute atomic E-state index is 0.00179. The third-order valence-electron chi connectivity index (χ3n) is 4.96. The van der Waals surface area contributed by atoms with E-state index >= 15 is 0 Å². The highest BCUT2D eigenvalue weighted by molar-refractivity contribution is 6.31. The van der Waals surface area contributed by atoms with Gasteiger partial charge >= 0.3 is 0 Å². The van der Waals surface area contributed by atoms with E-state index in [1.807, 2.05) is 4.90 Å². The number of halogens is 2. The highest BCUT2D eigenvalue weighted by Gasteiger charge is 2.29. The zero-order valence-corrected chi connectivity index (χ0v) is 14.4. The van der Waals surface area contributed by atoms with Gasteiger partial charge in [-0.25, -0.2) is 4.39 Å². The van der Waals surface area contributed by atoms with Gasteiger partial charge in [-0.3, -0.25) is 9.59 Å². The Kier molecular flexibility index (Phi) is 5.39. The van der Waals surface area contributed by atoms with Crippen LogP contribution in [0.2, 0.25) is 5.02 Å². The Hall–Kier alpha value is -1.62. The first-order chi connectivity index (χ1) is 11.6. The molecule has 6 heteroatoms. The summed E-state index contributed by atoms with van der Waals surface area (Å²) in [7, 11) is 0. The second-order valence-corrected chi connectivity index (χ2v) is 7.01. The molecule has 0 bridgehead atoms. The summed E-state index contributed by atoms with van der Waals surface area (Å²) in [5, 5.41) is 0.340. The van der Waals surface area contributed by atoms with Crippen molar-refractivity contribution in [2.75, 3.05) is 26.2 Å². The summed E-state index contributed by atoms with van der Waals surface area (Å²) in [4.78, 5) is 28.6. The summed E-state index contributed by atoms with van der Waals surface area (Å²) in [6, 6.07) is 4.01. The minimum Gasteiger partial charge on any atom is -0.341 e. The second-order valence-electron chi connectivity index (χ2n) is 6.58. The topological polar surface area (TPSA) is 40.6 Å². The Labute approximate surface area is 146 Å². The first kappa shape index (κ1) is 17.2. The summed E-state index contributed by atoms with van der Waals surface area (Å²) in [6.07, 6.45) is 4.93. The van der Waals surface area contributed by atoms with Crippen LogP contribution >= 0.6 is 11.6 Å². The fraction of sp³-hybridized carbons (Fsp3) is 0.556. The van der Waals surface area contributed by atoms with E-state index in [1.54, 1.807) is 4.90 Å². The quantitative estimate of drug-likeness (QED) is 0.819. The van der Waals surface area contributed by atoms with E-state index in [2.05, 4.69) is 0 Å². The minimum atomic E-state index is -0.562. The molecule has 1 aliphatic heterocycles. The largest absolute Gasteiger partial charge is 0.341 e. The molecule has 2 fully saturated rings. The fourth-order valence-corrected chi connectivity index (χ4v) is 3.78. The molecule has 2 aliphatic rings. The second kappa shape index (κ2) is 7.51. The maximum absolute atomic E-state index is 13.9. The van der Waals surface area contributed by atoms with Crippen LogP contribution in [0, 0.1) is 11.7 Å². The van der Waals surface area contributed by atoms with Crippen LogP contribution in [0.25, 0.3) is 0 Å². The molecule has 4 nitrogen and oxygen atoms in total. The number of benzene rings is 1. The SMILES string of the molecule is O=C(c1cc(Cl)ccc1F)N1CCCN(C(=O)C2CCCC2)CC1. The number of hydrogen-bond donors (Lipinski definition) is 0. The Morgan fingerprint density at radius 3 is 2.42 bits per heavy atom. The molecule has 1 saturated carbocycles. The number of carbonyl (C=O) groups excluding carboxylic acids is 2. The van der Waals surface area contributed by atoms with Gasteiger partial charge in [0.2, 0.25) is 5.91 Å². The Balaban J connectivity index is 1.65. The highest BCUT2D eigenvalue weighted by Crippen LogP contribution is 2.27. The Bertz CT molecular complexity index is 631. The van der Waals surface area contributed by atoms with Crippen molar-refractivity contribution in [1.29, 1.82) is 0 Å². The lowest BCUT2D eigenvalue weighted by atomic mass is 10.1. The third-order valence-corrected chi connectivity index (χ3v) is 5.19. The molecule has 1 heterocycles. The van der Waals surface area contributed by atoms with Crippen molar-refractivity contribution in [2.24, 2.45) is 5.92 Å². The van der Waals surface area contributed by atoms with Crippen LogP contribution < -0.4 is 0 Å². The van der Waals surface area contributed by atoms with Gasteiger partial charge in [0.05, 0.1) is 5.56 Å². The number of nitrogens with zero attached hydrogens (tertiary/aromatic N) is 2. The number of carbonyl (C=O) groups is 2. The Morgan fingerprint density at radius 2 is 1.67 bits per heavy atom. The smallest absolute Gasteiger partial charge is 0.256 e. The van der Waals surface area contributed by atoms with Gasteiger partial charge in [0.15, 0.2) is 0 Å². The third kappa shape index (κ3) is 3.72. The molecule has 130 valence electrons. The van der Waals surface area contributed by atoms with Gasteiger partial charge in [0.1, 0.15) is 5.82 Å². The van der Waals surface area contributed by atoms with Gasteiger partial charge in [-0.1, -0.05) is 24.4 Å². The van der Waals surface area contributed by atoms with E-state index in [9.17, 15) is 14.0 Å². The van der Waals surface area contributed by atoms with E-state index in [-0.39, 0.29) is 23.3 Å². The lowest BCUT2D eigenvalue weighted by Gasteiger charge is -2.24. The van der Waals surface area contributed by atoms with Crippen LogP contribution in [0.15, 0.2) is 18.2 Å². The van der Waals surface area contributed by atoms with E-state index < -0.39 is 5.82 Å². The van der Waals surface area contributed by atoms with Crippen LogP contribution in [0.4, 0.5) is 4.39 Å². The predicted molar refractivity (Wildman–Crippen MR) is 90.5 cm³/mol. The predicted octanol–water partition coefficient (Wildman–Crippen LogP) is 3.34. The van der Waals surface area contributed by atoms with Crippen molar-refractivity contribution in [3.8, 4) is 0 Å². The van der Waals surface area contributed by atoms with Gasteiger partial charge in [-0.05, 0) is 37.5 Å². The normalized spacial score (nSPS) is 19.4. The van der Waals surface area contributed by atoms with Crippen LogP contribution in [-0.2, 0) is 4.79 Å². The van der Waals surface area contributed by atoms with Crippen molar-refractivity contribution in [2.45, 2.75) is 32.1 Å². The number of amides is 2. The summed E-state index contributed by atoms with van der Waals surface area (Å²) in [5.41, 5.74) is -0.00179. The summed E-state index contributed by atoms with van der Waals surface area (Å²) in [5.74, 6) is -0.550. The average Bonchev–Trinajstić information content (AvgIpc) is 3.00. The molecule has 0 atom stereocenters. The molecule has 2 amide bonds.